The lowest BCUT2D eigenvalue weighted by atomic mass is 9.95. The largest absolute Gasteiger partial charge is 0.453 e. The molecule has 10 rings (SSSR count). The van der Waals surface area contributed by atoms with E-state index in [0.29, 0.717) is 12.5 Å². The number of methoxy groups -OCH3 is 2. The maximum atomic E-state index is 14.0. The highest BCUT2D eigenvalue weighted by Gasteiger charge is 2.56. The Morgan fingerprint density at radius 2 is 1.35 bits per heavy atom. The van der Waals surface area contributed by atoms with Crippen LogP contribution in [0.15, 0.2) is 73.1 Å². The van der Waals surface area contributed by atoms with Crippen molar-refractivity contribution in [3.05, 3.63) is 84.7 Å². The number of hydrogen-bond donors (Lipinski definition) is 4. The number of nitrogens with one attached hydrogen (secondary N) is 4. The highest BCUT2D eigenvalue weighted by atomic mass is 16.5. The highest BCUT2D eigenvalue weighted by molar-refractivity contribution is 5.91. The van der Waals surface area contributed by atoms with Gasteiger partial charge < -0.3 is 39.9 Å². The van der Waals surface area contributed by atoms with Gasteiger partial charge in [0.1, 0.15) is 23.7 Å². The van der Waals surface area contributed by atoms with Gasteiger partial charge in [0.05, 0.1) is 50.1 Å². The van der Waals surface area contributed by atoms with Crippen LogP contribution in [0.25, 0.3) is 44.4 Å². The molecule has 3 aromatic carbocycles. The van der Waals surface area contributed by atoms with Gasteiger partial charge in [0.25, 0.3) is 0 Å². The van der Waals surface area contributed by atoms with Crippen LogP contribution in [0.2, 0.25) is 0 Å². The maximum absolute atomic E-state index is 14.0. The van der Waals surface area contributed by atoms with Gasteiger partial charge in [0.2, 0.25) is 11.8 Å². The molecule has 0 radical (unpaired) electrons. The second-order valence-electron chi connectivity index (χ2n) is 18.6. The number of amides is 4. The van der Waals surface area contributed by atoms with Gasteiger partial charge in [0.15, 0.2) is 0 Å². The third kappa shape index (κ3) is 7.36. The number of alkyl carbamates (subject to hydrolysis) is 2. The molecule has 4 amide bonds. The van der Waals surface area contributed by atoms with Gasteiger partial charge >= 0.3 is 12.2 Å². The van der Waals surface area contributed by atoms with Gasteiger partial charge in [-0.25, -0.2) is 19.6 Å². The minimum Gasteiger partial charge on any atom is -0.453 e. The fourth-order valence-electron chi connectivity index (χ4n) is 10.5. The SMILES string of the molecule is COC(=O)NC(C(=O)N1[C@@H]2CC[C@@H](C2)[C@H]1c1ncc(-c2ccc3cc(-c4ccc(-c5cnc([C@@H]6CC7(CC7)CN6C(=O)[C@@H](NC(=O)OC)C6CC6)[nH]5)cc4)ccc3c2)[nH]1)C(C)C. The molecule has 5 fully saturated rings. The van der Waals surface area contributed by atoms with Gasteiger partial charge in [-0.15, -0.1) is 0 Å². The van der Waals surface area contributed by atoms with Crippen LogP contribution < -0.4 is 10.6 Å². The number of carbonyl (C=O) groups excluding carboxylic acids is 4. The number of fused-ring (bicyclic) bond motifs is 3. The zero-order valence-corrected chi connectivity index (χ0v) is 35.6. The zero-order valence-electron chi connectivity index (χ0n) is 35.6. The molecule has 6 atom stereocenters. The summed E-state index contributed by atoms with van der Waals surface area (Å²) in [6.45, 7) is 4.55. The molecule has 4 heterocycles. The van der Waals surface area contributed by atoms with E-state index in [1.54, 1.807) is 0 Å². The van der Waals surface area contributed by atoms with Gasteiger partial charge in [-0.05, 0) is 114 Å². The van der Waals surface area contributed by atoms with Crippen LogP contribution in [0.1, 0.15) is 88.9 Å². The summed E-state index contributed by atoms with van der Waals surface area (Å²) in [6, 6.07) is 19.9. The van der Waals surface area contributed by atoms with E-state index in [1.165, 1.54) is 14.2 Å². The molecule has 2 bridgehead atoms. The predicted octanol–water partition coefficient (Wildman–Crippen LogP) is 7.91. The van der Waals surface area contributed by atoms with Gasteiger partial charge in [0, 0.05) is 18.2 Å². The monoisotopic (exact) mass is 838 g/mol. The van der Waals surface area contributed by atoms with Crippen molar-refractivity contribution in [3.63, 3.8) is 0 Å². The molecule has 1 unspecified atom stereocenters. The highest BCUT2D eigenvalue weighted by Crippen LogP contribution is 2.58. The third-order valence-corrected chi connectivity index (χ3v) is 14.3. The van der Waals surface area contributed by atoms with Crippen LogP contribution in [-0.4, -0.2) is 92.6 Å². The number of aromatic nitrogens is 4. The summed E-state index contributed by atoms with van der Waals surface area (Å²) >= 11 is 0. The Labute approximate surface area is 360 Å². The second kappa shape index (κ2) is 15.6. The number of carbonyl (C=O) groups is 4. The molecule has 62 heavy (non-hydrogen) atoms. The number of likely N-dealkylation sites (tertiary alicyclic amines) is 2. The van der Waals surface area contributed by atoms with Crippen molar-refractivity contribution < 1.29 is 28.7 Å². The van der Waals surface area contributed by atoms with Crippen LogP contribution in [-0.2, 0) is 19.1 Å². The molecule has 5 aliphatic rings. The summed E-state index contributed by atoms with van der Waals surface area (Å²) < 4.78 is 9.68. The zero-order chi connectivity index (χ0) is 42.9. The van der Waals surface area contributed by atoms with E-state index in [9.17, 15) is 19.2 Å². The lowest BCUT2D eigenvalue weighted by Crippen LogP contribution is -2.54. The summed E-state index contributed by atoms with van der Waals surface area (Å²) in [5.74, 6) is 1.78. The normalized spacial score (nSPS) is 23.2. The second-order valence-corrected chi connectivity index (χ2v) is 18.6. The van der Waals surface area contributed by atoms with Crippen molar-refractivity contribution in [1.82, 2.24) is 40.4 Å². The first-order chi connectivity index (χ1) is 30.0. The molecule has 3 saturated carbocycles. The van der Waals surface area contributed by atoms with E-state index in [4.69, 9.17) is 19.4 Å². The first kappa shape index (κ1) is 39.9. The summed E-state index contributed by atoms with van der Waals surface area (Å²) in [5, 5.41) is 7.80. The summed E-state index contributed by atoms with van der Waals surface area (Å²) in [7, 11) is 2.64. The van der Waals surface area contributed by atoms with E-state index in [0.717, 1.165) is 107 Å². The molecule has 322 valence electrons. The number of aromatic amines is 2. The van der Waals surface area contributed by atoms with Crippen molar-refractivity contribution >= 4 is 34.8 Å². The first-order valence-corrected chi connectivity index (χ1v) is 22.1. The van der Waals surface area contributed by atoms with Crippen LogP contribution in [0.3, 0.4) is 0 Å². The number of ether oxygens (including phenoxy) is 2. The topological polar surface area (TPSA) is 175 Å². The Balaban J connectivity index is 0.832. The molecule has 14 nitrogen and oxygen atoms in total. The summed E-state index contributed by atoms with van der Waals surface area (Å²) in [5.41, 5.74) is 6.15. The molecule has 5 aromatic rings. The summed E-state index contributed by atoms with van der Waals surface area (Å²) in [6.07, 6.45) is 10.4. The van der Waals surface area contributed by atoms with E-state index in [2.05, 4.69) is 81.3 Å². The minimum absolute atomic E-state index is 0.0450. The molecular formula is C48H54N8O6. The quantitative estimate of drug-likeness (QED) is 0.104. The Kier molecular flexibility index (Phi) is 10.1. The van der Waals surface area contributed by atoms with Gasteiger partial charge in [-0.1, -0.05) is 62.4 Å². The lowest BCUT2D eigenvalue weighted by molar-refractivity contribution is -0.139. The van der Waals surface area contributed by atoms with Crippen molar-refractivity contribution in [1.29, 1.82) is 0 Å². The van der Waals surface area contributed by atoms with Crippen molar-refractivity contribution in [2.45, 2.75) is 95.4 Å². The first-order valence-electron chi connectivity index (χ1n) is 22.1. The number of hydrogen-bond acceptors (Lipinski definition) is 8. The number of benzene rings is 3. The van der Waals surface area contributed by atoms with Gasteiger partial charge in [-0.3, -0.25) is 9.59 Å². The Bertz CT molecular complexity index is 2540. The van der Waals surface area contributed by atoms with Crippen LogP contribution in [0.4, 0.5) is 9.59 Å². The number of H-pyrrole nitrogens is 2. The number of rotatable bonds is 11. The van der Waals surface area contributed by atoms with E-state index in [-0.39, 0.29) is 47.2 Å². The molecule has 1 spiro atoms. The van der Waals surface area contributed by atoms with Crippen LogP contribution >= 0.6 is 0 Å². The van der Waals surface area contributed by atoms with Crippen molar-refractivity contribution in [2.75, 3.05) is 20.8 Å². The lowest BCUT2D eigenvalue weighted by Gasteiger charge is -2.37. The number of imidazole rings is 2. The molecular weight excluding hydrogens is 785 g/mol. The van der Waals surface area contributed by atoms with Crippen molar-refractivity contribution in [3.8, 4) is 33.6 Å². The Hall–Kier alpha value is -6.18. The number of nitrogens with zero attached hydrogens (tertiary/aromatic N) is 4. The molecule has 2 aliphatic heterocycles. The van der Waals surface area contributed by atoms with Crippen LogP contribution in [0.5, 0.6) is 0 Å². The average Bonchev–Trinajstić information content (AvgIpc) is 3.84. The standard InChI is InChI=1S/C48H54N8O6/c1-26(2)39(53-46(59)61-3)45(58)56-35-16-15-34(21-35)41(56)43-50-24-37(52-43)33-14-13-31-19-30(11-12-32(31)20-33)27-5-7-28(8-6-27)36-23-49-42(51-36)38-22-48(17-18-48)25-55(38)44(57)40(29-9-10-29)54-47(60)62-4/h5-8,11-14,19-20,23-24,26,29,34-35,38-41H,9-10,15-18,21-22,25H2,1-4H3,(H,49,51)(H,50,52)(H,53,59)(H,54,60)/t34-,35+,38-,39?,40-,41-/m0/s1. The average molecular weight is 839 g/mol. The fraction of sp³-hybridized carbons (Fsp3) is 0.458. The van der Waals surface area contributed by atoms with E-state index in [1.807, 2.05) is 36.0 Å². The van der Waals surface area contributed by atoms with E-state index >= 15 is 0 Å². The van der Waals surface area contributed by atoms with E-state index < -0.39 is 24.3 Å². The maximum Gasteiger partial charge on any atom is 0.407 e. The Morgan fingerprint density at radius 3 is 2.03 bits per heavy atom. The molecule has 2 saturated heterocycles. The minimum atomic E-state index is -0.681. The predicted molar refractivity (Wildman–Crippen MR) is 232 cm³/mol. The molecule has 14 heteroatoms. The smallest absolute Gasteiger partial charge is 0.407 e. The summed E-state index contributed by atoms with van der Waals surface area (Å²) in [4.78, 5) is 72.9. The molecule has 2 aromatic heterocycles. The van der Waals surface area contributed by atoms with Crippen LogP contribution in [0, 0.1) is 23.2 Å². The Morgan fingerprint density at radius 1 is 0.742 bits per heavy atom. The number of piperidine rings is 1. The van der Waals surface area contributed by atoms with Crippen molar-refractivity contribution in [2.24, 2.45) is 23.2 Å². The molecule has 3 aliphatic carbocycles. The third-order valence-electron chi connectivity index (χ3n) is 14.3. The fourth-order valence-corrected chi connectivity index (χ4v) is 10.5. The molecule has 4 N–H and O–H groups in total. The van der Waals surface area contributed by atoms with Gasteiger partial charge in [-0.2, -0.15) is 0 Å².